The molecular formula is C12H20O2Si. The summed E-state index contributed by atoms with van der Waals surface area (Å²) in [6, 6.07) is 6.25. The van der Waals surface area contributed by atoms with Crippen molar-refractivity contribution in [3.63, 3.8) is 0 Å². The van der Waals surface area contributed by atoms with E-state index in [4.69, 9.17) is 8.85 Å². The number of benzene rings is 1. The third-order valence-electron chi connectivity index (χ3n) is 2.19. The van der Waals surface area contributed by atoms with Crippen LogP contribution in [0.5, 0.6) is 5.75 Å². The smallest absolute Gasteiger partial charge is 0.392 e. The summed E-state index contributed by atoms with van der Waals surface area (Å²) in [5.41, 5.74) is 2.39. The van der Waals surface area contributed by atoms with Gasteiger partial charge in [0, 0.05) is 6.61 Å². The van der Waals surface area contributed by atoms with Crippen molar-refractivity contribution in [2.75, 3.05) is 6.61 Å². The molecule has 0 amide bonds. The molecule has 15 heavy (non-hydrogen) atoms. The van der Waals surface area contributed by atoms with E-state index in [9.17, 15) is 0 Å². The first-order valence-corrected chi connectivity index (χ1v) is 8.16. The molecular weight excluding hydrogens is 204 g/mol. The summed E-state index contributed by atoms with van der Waals surface area (Å²) in [5, 5.41) is 0. The van der Waals surface area contributed by atoms with Gasteiger partial charge in [-0.2, -0.15) is 0 Å². The zero-order valence-electron chi connectivity index (χ0n) is 10.3. The molecule has 0 aromatic heterocycles. The van der Waals surface area contributed by atoms with Crippen molar-refractivity contribution in [3.8, 4) is 5.75 Å². The molecule has 0 spiro atoms. The van der Waals surface area contributed by atoms with Gasteiger partial charge in [0.15, 0.2) is 0 Å². The Morgan fingerprint density at radius 2 is 1.87 bits per heavy atom. The highest BCUT2D eigenvalue weighted by molar-refractivity contribution is 6.65. The maximum Gasteiger partial charge on any atom is 0.392 e. The molecule has 0 unspecified atom stereocenters. The van der Waals surface area contributed by atoms with Gasteiger partial charge in [-0.3, -0.25) is 0 Å². The topological polar surface area (TPSA) is 18.5 Å². The van der Waals surface area contributed by atoms with Crippen LogP contribution < -0.4 is 4.43 Å². The van der Waals surface area contributed by atoms with Gasteiger partial charge in [0.2, 0.25) is 0 Å². The molecule has 1 aromatic rings. The minimum Gasteiger partial charge on any atom is -0.520 e. The van der Waals surface area contributed by atoms with E-state index in [1.165, 1.54) is 11.1 Å². The van der Waals surface area contributed by atoms with Gasteiger partial charge >= 0.3 is 8.56 Å². The maximum atomic E-state index is 5.97. The van der Waals surface area contributed by atoms with E-state index in [0.29, 0.717) is 6.61 Å². The van der Waals surface area contributed by atoms with Crippen LogP contribution in [-0.2, 0) is 4.43 Å². The second-order valence-electron chi connectivity index (χ2n) is 4.20. The highest BCUT2D eigenvalue weighted by Crippen LogP contribution is 2.22. The number of hydrogen-bond donors (Lipinski definition) is 0. The Hall–Kier alpha value is -0.803. The van der Waals surface area contributed by atoms with Gasteiger partial charge in [0.25, 0.3) is 0 Å². The van der Waals surface area contributed by atoms with E-state index in [1.807, 2.05) is 6.92 Å². The fraction of sp³-hybridized carbons (Fsp3) is 0.500. The molecule has 0 atom stereocenters. The van der Waals surface area contributed by atoms with Crippen molar-refractivity contribution >= 4 is 8.56 Å². The number of aryl methyl sites for hydroxylation is 2. The van der Waals surface area contributed by atoms with Crippen molar-refractivity contribution in [2.24, 2.45) is 0 Å². The standard InChI is InChI=1S/C12H20O2Si/c1-6-13-15(4,5)14-12-9-10(2)7-8-11(12)3/h7-9H,6H2,1-5H3. The lowest BCUT2D eigenvalue weighted by molar-refractivity contribution is 0.263. The Morgan fingerprint density at radius 3 is 2.47 bits per heavy atom. The van der Waals surface area contributed by atoms with E-state index >= 15 is 0 Å². The quantitative estimate of drug-likeness (QED) is 0.730. The van der Waals surface area contributed by atoms with Crippen molar-refractivity contribution in [1.29, 1.82) is 0 Å². The lowest BCUT2D eigenvalue weighted by atomic mass is 10.1. The third kappa shape index (κ3) is 3.68. The largest absolute Gasteiger partial charge is 0.520 e. The van der Waals surface area contributed by atoms with Gasteiger partial charge in [-0.1, -0.05) is 12.1 Å². The van der Waals surface area contributed by atoms with Crippen LogP contribution in [0.1, 0.15) is 18.1 Å². The molecule has 1 aromatic carbocycles. The highest BCUT2D eigenvalue weighted by atomic mass is 28.4. The molecule has 2 nitrogen and oxygen atoms in total. The predicted octanol–water partition coefficient (Wildman–Crippen LogP) is 3.42. The van der Waals surface area contributed by atoms with E-state index in [0.717, 1.165) is 5.75 Å². The zero-order valence-corrected chi connectivity index (χ0v) is 11.3. The normalized spacial score (nSPS) is 11.5. The molecule has 0 N–H and O–H groups in total. The first kappa shape index (κ1) is 12.3. The first-order chi connectivity index (χ1) is 6.94. The molecule has 0 saturated heterocycles. The lowest BCUT2D eigenvalue weighted by Crippen LogP contribution is -2.38. The highest BCUT2D eigenvalue weighted by Gasteiger charge is 2.26. The summed E-state index contributed by atoms with van der Waals surface area (Å²) in [5.74, 6) is 0.958. The number of hydrogen-bond acceptors (Lipinski definition) is 2. The molecule has 0 saturated carbocycles. The summed E-state index contributed by atoms with van der Waals surface area (Å²) >= 11 is 0. The van der Waals surface area contributed by atoms with Crippen LogP contribution in [0.15, 0.2) is 18.2 Å². The molecule has 1 rings (SSSR count). The van der Waals surface area contributed by atoms with Gasteiger partial charge in [-0.25, -0.2) is 0 Å². The van der Waals surface area contributed by atoms with Crippen molar-refractivity contribution in [2.45, 2.75) is 33.9 Å². The van der Waals surface area contributed by atoms with Crippen LogP contribution in [0.2, 0.25) is 13.1 Å². The summed E-state index contributed by atoms with van der Waals surface area (Å²) in [6.07, 6.45) is 0. The van der Waals surface area contributed by atoms with E-state index in [-0.39, 0.29) is 0 Å². The van der Waals surface area contributed by atoms with Crippen LogP contribution in [0.25, 0.3) is 0 Å². The number of rotatable bonds is 4. The van der Waals surface area contributed by atoms with Gasteiger partial charge < -0.3 is 8.85 Å². The van der Waals surface area contributed by atoms with E-state index in [2.05, 4.69) is 45.1 Å². The van der Waals surface area contributed by atoms with E-state index < -0.39 is 8.56 Å². The van der Waals surface area contributed by atoms with Crippen LogP contribution in [0.3, 0.4) is 0 Å². The fourth-order valence-electron chi connectivity index (χ4n) is 1.46. The maximum absolute atomic E-state index is 5.97. The van der Waals surface area contributed by atoms with Crippen molar-refractivity contribution < 1.29 is 8.85 Å². The Labute approximate surface area is 93.5 Å². The van der Waals surface area contributed by atoms with Crippen molar-refractivity contribution in [3.05, 3.63) is 29.3 Å². The Balaban J connectivity index is 2.83. The zero-order chi connectivity index (χ0) is 11.5. The first-order valence-electron chi connectivity index (χ1n) is 5.35. The van der Waals surface area contributed by atoms with Gasteiger partial charge in [0.1, 0.15) is 5.75 Å². The third-order valence-corrected chi connectivity index (χ3v) is 3.89. The molecule has 84 valence electrons. The summed E-state index contributed by atoms with van der Waals surface area (Å²) in [7, 11) is -2.00. The summed E-state index contributed by atoms with van der Waals surface area (Å²) in [6.45, 7) is 11.0. The van der Waals surface area contributed by atoms with Crippen LogP contribution in [-0.4, -0.2) is 15.2 Å². The fourth-order valence-corrected chi connectivity index (χ4v) is 2.96. The molecule has 0 bridgehead atoms. The molecule has 3 heteroatoms. The van der Waals surface area contributed by atoms with E-state index in [1.54, 1.807) is 0 Å². The predicted molar refractivity (Wildman–Crippen MR) is 65.7 cm³/mol. The van der Waals surface area contributed by atoms with Gasteiger partial charge in [0.05, 0.1) is 0 Å². The van der Waals surface area contributed by atoms with Crippen molar-refractivity contribution in [1.82, 2.24) is 0 Å². The lowest BCUT2D eigenvalue weighted by Gasteiger charge is -2.24. The minimum atomic E-state index is -2.00. The molecule has 0 fully saturated rings. The average Bonchev–Trinajstić information content (AvgIpc) is 2.10. The Morgan fingerprint density at radius 1 is 1.20 bits per heavy atom. The molecule has 0 aliphatic heterocycles. The molecule has 0 heterocycles. The SMILES string of the molecule is CCO[Si](C)(C)Oc1cc(C)ccc1C. The second-order valence-corrected chi connectivity index (χ2v) is 7.50. The molecule has 0 aliphatic carbocycles. The average molecular weight is 224 g/mol. The summed E-state index contributed by atoms with van der Waals surface area (Å²) < 4.78 is 11.6. The van der Waals surface area contributed by atoms with Crippen LogP contribution in [0.4, 0.5) is 0 Å². The monoisotopic (exact) mass is 224 g/mol. The van der Waals surface area contributed by atoms with Crippen LogP contribution in [0, 0.1) is 13.8 Å². The Kier molecular flexibility index (Phi) is 3.94. The second kappa shape index (κ2) is 4.81. The summed E-state index contributed by atoms with van der Waals surface area (Å²) in [4.78, 5) is 0. The van der Waals surface area contributed by atoms with Crippen LogP contribution >= 0.6 is 0 Å². The molecule has 0 radical (unpaired) electrons. The molecule has 0 aliphatic rings. The van der Waals surface area contributed by atoms with Gasteiger partial charge in [-0.15, -0.1) is 0 Å². The Bertz CT molecular complexity index is 334. The van der Waals surface area contributed by atoms with Gasteiger partial charge in [-0.05, 0) is 51.1 Å². The minimum absolute atomic E-state index is 0.712.